The first-order valence-electron chi connectivity index (χ1n) is 10.0. The van der Waals surface area contributed by atoms with E-state index < -0.39 is 5.91 Å². The summed E-state index contributed by atoms with van der Waals surface area (Å²) in [5.41, 5.74) is 13.2. The molecule has 0 saturated carbocycles. The molecule has 0 radical (unpaired) electrons. The number of nitrogens with zero attached hydrogens (tertiary/aromatic N) is 2. The summed E-state index contributed by atoms with van der Waals surface area (Å²) >= 11 is 0. The lowest BCUT2D eigenvalue weighted by molar-refractivity contribution is 0.0998. The Morgan fingerprint density at radius 1 is 0.933 bits per heavy atom. The zero-order valence-electron chi connectivity index (χ0n) is 16.9. The standard InChI is InChI=1S/C25H24N4O/c1-17-5-7-18(8-6-17)11-14-22-24(25(26)30)23(29-28-22)16-19-9-12-20(13-10-19)21-4-2-3-15-27-21/h2-10,12-13,15H,11,14,16H2,1H3,(H2,26,30)(H,28,29). The maximum absolute atomic E-state index is 12.1. The number of aromatic amines is 1. The van der Waals surface area contributed by atoms with E-state index in [0.717, 1.165) is 34.6 Å². The van der Waals surface area contributed by atoms with Gasteiger partial charge in [-0.2, -0.15) is 5.10 Å². The minimum absolute atomic E-state index is 0.442. The Morgan fingerprint density at radius 3 is 2.33 bits per heavy atom. The van der Waals surface area contributed by atoms with Gasteiger partial charge in [0.1, 0.15) is 0 Å². The van der Waals surface area contributed by atoms with E-state index in [1.165, 1.54) is 11.1 Å². The van der Waals surface area contributed by atoms with Crippen LogP contribution in [-0.2, 0) is 19.3 Å². The average Bonchev–Trinajstić information content (AvgIpc) is 3.17. The zero-order chi connectivity index (χ0) is 20.9. The van der Waals surface area contributed by atoms with Crippen LogP contribution in [0, 0.1) is 6.92 Å². The minimum atomic E-state index is -0.442. The summed E-state index contributed by atoms with van der Waals surface area (Å²) in [4.78, 5) is 16.5. The van der Waals surface area contributed by atoms with Crippen LogP contribution in [0.2, 0.25) is 0 Å². The number of carbonyl (C=O) groups is 1. The molecule has 1 amide bonds. The van der Waals surface area contributed by atoms with Crippen molar-refractivity contribution in [2.24, 2.45) is 5.73 Å². The second kappa shape index (κ2) is 8.74. The van der Waals surface area contributed by atoms with E-state index in [9.17, 15) is 4.79 Å². The largest absolute Gasteiger partial charge is 0.365 e. The van der Waals surface area contributed by atoms with Crippen LogP contribution in [0.5, 0.6) is 0 Å². The molecule has 5 heteroatoms. The Balaban J connectivity index is 1.50. The summed E-state index contributed by atoms with van der Waals surface area (Å²) in [6.07, 6.45) is 3.82. The number of hydrogen-bond donors (Lipinski definition) is 2. The molecule has 4 aromatic rings. The lowest BCUT2D eigenvalue weighted by atomic mass is 10.00. The first kappa shape index (κ1) is 19.6. The van der Waals surface area contributed by atoms with Crippen LogP contribution in [0.4, 0.5) is 0 Å². The SMILES string of the molecule is Cc1ccc(CCc2n[nH]c(Cc3ccc(-c4ccccn4)cc3)c2C(N)=O)cc1. The highest BCUT2D eigenvalue weighted by molar-refractivity contribution is 5.95. The topological polar surface area (TPSA) is 84.7 Å². The molecule has 2 aromatic heterocycles. The van der Waals surface area contributed by atoms with Crippen molar-refractivity contribution in [2.45, 2.75) is 26.2 Å². The second-order valence-corrected chi connectivity index (χ2v) is 7.46. The molecule has 4 rings (SSSR count). The molecule has 0 fully saturated rings. The predicted molar refractivity (Wildman–Crippen MR) is 118 cm³/mol. The van der Waals surface area contributed by atoms with E-state index in [4.69, 9.17) is 5.73 Å². The third-order valence-corrected chi connectivity index (χ3v) is 5.23. The number of hydrogen-bond acceptors (Lipinski definition) is 3. The molecule has 0 saturated heterocycles. The van der Waals surface area contributed by atoms with Gasteiger partial charge in [0.25, 0.3) is 5.91 Å². The summed E-state index contributed by atoms with van der Waals surface area (Å²) in [6, 6.07) is 22.4. The number of aromatic nitrogens is 3. The molecule has 2 heterocycles. The molecular formula is C25H24N4O. The van der Waals surface area contributed by atoms with Crippen molar-refractivity contribution in [1.29, 1.82) is 0 Å². The average molecular weight is 396 g/mol. The molecule has 0 aliphatic carbocycles. The number of pyridine rings is 1. The van der Waals surface area contributed by atoms with Crippen LogP contribution in [0.3, 0.4) is 0 Å². The van der Waals surface area contributed by atoms with Crippen molar-refractivity contribution in [2.75, 3.05) is 0 Å². The quantitative estimate of drug-likeness (QED) is 0.490. The second-order valence-electron chi connectivity index (χ2n) is 7.46. The van der Waals surface area contributed by atoms with Crippen molar-refractivity contribution in [3.63, 3.8) is 0 Å². The molecule has 30 heavy (non-hydrogen) atoms. The van der Waals surface area contributed by atoms with Crippen LogP contribution in [-0.4, -0.2) is 21.1 Å². The smallest absolute Gasteiger partial charge is 0.252 e. The Morgan fingerprint density at radius 2 is 1.67 bits per heavy atom. The molecule has 3 N–H and O–H groups in total. The molecule has 0 aliphatic heterocycles. The summed E-state index contributed by atoms with van der Waals surface area (Å²) in [7, 11) is 0. The van der Waals surface area contributed by atoms with Gasteiger partial charge in [-0.25, -0.2) is 0 Å². The molecule has 0 atom stereocenters. The number of carbonyl (C=O) groups excluding carboxylic acids is 1. The van der Waals surface area contributed by atoms with Gasteiger partial charge in [-0.15, -0.1) is 0 Å². The number of aryl methyl sites for hydroxylation is 3. The summed E-state index contributed by atoms with van der Waals surface area (Å²) in [5.74, 6) is -0.442. The molecule has 0 aliphatic rings. The maximum atomic E-state index is 12.1. The van der Waals surface area contributed by atoms with Gasteiger partial charge >= 0.3 is 0 Å². The molecular weight excluding hydrogens is 372 g/mol. The van der Waals surface area contributed by atoms with Gasteiger partial charge < -0.3 is 5.73 Å². The van der Waals surface area contributed by atoms with Crippen molar-refractivity contribution in [3.05, 3.63) is 107 Å². The molecule has 5 nitrogen and oxygen atoms in total. The van der Waals surface area contributed by atoms with Crippen LogP contribution in [0.1, 0.15) is 38.4 Å². The minimum Gasteiger partial charge on any atom is -0.365 e. The fourth-order valence-corrected chi connectivity index (χ4v) is 3.57. The van der Waals surface area contributed by atoms with Crippen LogP contribution in [0.15, 0.2) is 72.9 Å². The van der Waals surface area contributed by atoms with Crippen molar-refractivity contribution >= 4 is 5.91 Å². The van der Waals surface area contributed by atoms with E-state index in [1.807, 2.05) is 42.5 Å². The highest BCUT2D eigenvalue weighted by atomic mass is 16.1. The maximum Gasteiger partial charge on any atom is 0.252 e. The Hall–Kier alpha value is -3.73. The number of benzene rings is 2. The first-order valence-corrected chi connectivity index (χ1v) is 10.0. The number of nitrogens with one attached hydrogen (secondary N) is 1. The van der Waals surface area contributed by atoms with Crippen LogP contribution >= 0.6 is 0 Å². The molecule has 150 valence electrons. The molecule has 2 aromatic carbocycles. The number of H-pyrrole nitrogens is 1. The number of amides is 1. The van der Waals surface area contributed by atoms with Crippen LogP contribution in [0.25, 0.3) is 11.3 Å². The third kappa shape index (κ3) is 4.46. The molecule has 0 bridgehead atoms. The normalized spacial score (nSPS) is 10.8. The fraction of sp³-hybridized carbons (Fsp3) is 0.160. The van der Waals surface area contributed by atoms with Crippen molar-refractivity contribution in [3.8, 4) is 11.3 Å². The Kier molecular flexibility index (Phi) is 5.70. The van der Waals surface area contributed by atoms with Gasteiger partial charge in [-0.1, -0.05) is 60.2 Å². The predicted octanol–water partition coefficient (Wildman–Crippen LogP) is 4.26. The highest BCUT2D eigenvalue weighted by Crippen LogP contribution is 2.21. The Bertz CT molecular complexity index is 1130. The summed E-state index contributed by atoms with van der Waals surface area (Å²) in [5, 5.41) is 7.43. The van der Waals surface area contributed by atoms with Crippen LogP contribution < -0.4 is 5.73 Å². The van der Waals surface area contributed by atoms with Gasteiger partial charge in [0.15, 0.2) is 0 Å². The summed E-state index contributed by atoms with van der Waals surface area (Å²) in [6.45, 7) is 2.07. The summed E-state index contributed by atoms with van der Waals surface area (Å²) < 4.78 is 0. The number of primary amides is 1. The zero-order valence-corrected chi connectivity index (χ0v) is 16.9. The first-order chi connectivity index (χ1) is 14.6. The van der Waals surface area contributed by atoms with Gasteiger partial charge in [0, 0.05) is 18.2 Å². The monoisotopic (exact) mass is 396 g/mol. The third-order valence-electron chi connectivity index (χ3n) is 5.23. The van der Waals surface area contributed by atoms with Gasteiger partial charge in [0.05, 0.1) is 22.6 Å². The number of rotatable bonds is 7. The van der Waals surface area contributed by atoms with Gasteiger partial charge in [0.2, 0.25) is 0 Å². The van der Waals surface area contributed by atoms with Crippen molar-refractivity contribution < 1.29 is 4.79 Å². The van der Waals surface area contributed by atoms with E-state index in [0.29, 0.717) is 18.4 Å². The van der Waals surface area contributed by atoms with E-state index in [2.05, 4.69) is 46.4 Å². The van der Waals surface area contributed by atoms with Gasteiger partial charge in [-0.05, 0) is 43.0 Å². The number of nitrogens with two attached hydrogens (primary N) is 1. The van der Waals surface area contributed by atoms with Gasteiger partial charge in [-0.3, -0.25) is 14.9 Å². The molecule has 0 spiro atoms. The molecule has 0 unspecified atom stereocenters. The van der Waals surface area contributed by atoms with E-state index >= 15 is 0 Å². The highest BCUT2D eigenvalue weighted by Gasteiger charge is 2.18. The lowest BCUT2D eigenvalue weighted by Crippen LogP contribution is -2.15. The fourth-order valence-electron chi connectivity index (χ4n) is 3.57. The Labute approximate surface area is 176 Å². The van der Waals surface area contributed by atoms with E-state index in [-0.39, 0.29) is 0 Å². The van der Waals surface area contributed by atoms with E-state index in [1.54, 1.807) is 6.20 Å². The lowest BCUT2D eigenvalue weighted by Gasteiger charge is -2.05. The van der Waals surface area contributed by atoms with Crippen molar-refractivity contribution in [1.82, 2.24) is 15.2 Å².